The summed E-state index contributed by atoms with van der Waals surface area (Å²) in [6, 6.07) is 6.55. The standard InChI is InChI=1S/C12H13N3O2S/c1-7(2)10-13-14-12(18)15(10)9-5-3-8(4-6-9)11(16)17/h3-7H,1-2H3,(H,14,18)(H,16,17). The highest BCUT2D eigenvalue weighted by molar-refractivity contribution is 7.71. The van der Waals surface area contributed by atoms with Gasteiger partial charge in [-0.3, -0.25) is 9.67 Å². The molecule has 1 heterocycles. The van der Waals surface area contributed by atoms with Crippen molar-refractivity contribution in [3.8, 4) is 5.69 Å². The molecule has 1 aromatic heterocycles. The Labute approximate surface area is 109 Å². The Kier molecular flexibility index (Phi) is 3.29. The smallest absolute Gasteiger partial charge is 0.335 e. The summed E-state index contributed by atoms with van der Waals surface area (Å²) in [6.45, 7) is 4.04. The van der Waals surface area contributed by atoms with Crippen LogP contribution in [0.4, 0.5) is 0 Å². The van der Waals surface area contributed by atoms with Crippen LogP contribution < -0.4 is 0 Å². The summed E-state index contributed by atoms with van der Waals surface area (Å²) >= 11 is 5.19. The van der Waals surface area contributed by atoms with E-state index in [1.165, 1.54) is 0 Å². The molecule has 0 amide bonds. The van der Waals surface area contributed by atoms with Crippen LogP contribution in [0.25, 0.3) is 5.69 Å². The minimum atomic E-state index is -0.943. The molecule has 5 nitrogen and oxygen atoms in total. The van der Waals surface area contributed by atoms with Gasteiger partial charge in [0.15, 0.2) is 4.77 Å². The molecule has 2 rings (SSSR count). The molecule has 2 aromatic rings. The lowest BCUT2D eigenvalue weighted by Gasteiger charge is -2.09. The van der Waals surface area contributed by atoms with Gasteiger partial charge < -0.3 is 5.11 Å². The maximum Gasteiger partial charge on any atom is 0.335 e. The second-order valence-electron chi connectivity index (χ2n) is 4.23. The molecule has 18 heavy (non-hydrogen) atoms. The molecule has 2 N–H and O–H groups in total. The lowest BCUT2D eigenvalue weighted by Crippen LogP contribution is -2.04. The van der Waals surface area contributed by atoms with Crippen molar-refractivity contribution in [2.75, 3.05) is 0 Å². The third kappa shape index (κ3) is 2.19. The third-order valence-electron chi connectivity index (χ3n) is 2.59. The van der Waals surface area contributed by atoms with Crippen LogP contribution in [-0.4, -0.2) is 25.8 Å². The predicted octanol–water partition coefficient (Wildman–Crippen LogP) is 2.75. The van der Waals surface area contributed by atoms with Crippen LogP contribution in [0.15, 0.2) is 24.3 Å². The average Bonchev–Trinajstić information content (AvgIpc) is 2.71. The molecular weight excluding hydrogens is 250 g/mol. The largest absolute Gasteiger partial charge is 0.478 e. The van der Waals surface area contributed by atoms with Crippen molar-refractivity contribution in [1.82, 2.24) is 14.8 Å². The summed E-state index contributed by atoms with van der Waals surface area (Å²) in [6.07, 6.45) is 0. The molecule has 1 aromatic carbocycles. The van der Waals surface area contributed by atoms with E-state index in [0.717, 1.165) is 11.5 Å². The highest BCUT2D eigenvalue weighted by atomic mass is 32.1. The first kappa shape index (κ1) is 12.5. The number of nitrogens with one attached hydrogen (secondary N) is 1. The molecule has 0 fully saturated rings. The number of carboxylic acid groups (broad SMARTS) is 1. The van der Waals surface area contributed by atoms with E-state index in [2.05, 4.69) is 10.2 Å². The third-order valence-corrected chi connectivity index (χ3v) is 2.86. The molecular formula is C12H13N3O2S. The fourth-order valence-electron chi connectivity index (χ4n) is 1.70. The molecule has 0 aliphatic heterocycles. The van der Waals surface area contributed by atoms with Crippen molar-refractivity contribution < 1.29 is 9.90 Å². The minimum absolute atomic E-state index is 0.220. The van der Waals surface area contributed by atoms with Gasteiger partial charge in [0.2, 0.25) is 0 Å². The van der Waals surface area contributed by atoms with Gasteiger partial charge >= 0.3 is 5.97 Å². The van der Waals surface area contributed by atoms with Crippen molar-refractivity contribution in [1.29, 1.82) is 0 Å². The van der Waals surface area contributed by atoms with Crippen molar-refractivity contribution in [3.05, 3.63) is 40.4 Å². The topological polar surface area (TPSA) is 70.9 Å². The molecule has 0 saturated carbocycles. The van der Waals surface area contributed by atoms with E-state index in [1.807, 2.05) is 18.4 Å². The van der Waals surface area contributed by atoms with Gasteiger partial charge in [0, 0.05) is 11.6 Å². The van der Waals surface area contributed by atoms with Crippen molar-refractivity contribution in [2.45, 2.75) is 19.8 Å². The number of aromatic carboxylic acids is 1. The number of rotatable bonds is 3. The van der Waals surface area contributed by atoms with Crippen LogP contribution in [0.3, 0.4) is 0 Å². The molecule has 0 saturated heterocycles. The number of carbonyl (C=O) groups is 1. The van der Waals surface area contributed by atoms with Gasteiger partial charge in [-0.25, -0.2) is 4.79 Å². The quantitative estimate of drug-likeness (QED) is 0.835. The van der Waals surface area contributed by atoms with Crippen LogP contribution in [0.5, 0.6) is 0 Å². The number of carboxylic acids is 1. The van der Waals surface area contributed by atoms with E-state index < -0.39 is 5.97 Å². The number of aromatic amines is 1. The molecule has 0 aliphatic rings. The minimum Gasteiger partial charge on any atom is -0.478 e. The van der Waals surface area contributed by atoms with Crippen LogP contribution >= 0.6 is 12.2 Å². The van der Waals surface area contributed by atoms with E-state index in [9.17, 15) is 4.79 Å². The second kappa shape index (κ2) is 4.73. The molecule has 94 valence electrons. The average molecular weight is 263 g/mol. The highest BCUT2D eigenvalue weighted by Crippen LogP contribution is 2.18. The Morgan fingerprint density at radius 1 is 1.39 bits per heavy atom. The first-order valence-corrected chi connectivity index (χ1v) is 5.92. The molecule has 0 bridgehead atoms. The lowest BCUT2D eigenvalue weighted by atomic mass is 10.2. The van der Waals surface area contributed by atoms with Crippen LogP contribution in [-0.2, 0) is 0 Å². The van der Waals surface area contributed by atoms with E-state index >= 15 is 0 Å². The number of nitrogens with zero attached hydrogens (tertiary/aromatic N) is 2. The zero-order valence-corrected chi connectivity index (χ0v) is 10.9. The van der Waals surface area contributed by atoms with Crippen LogP contribution in [0.2, 0.25) is 0 Å². The molecule has 0 atom stereocenters. The van der Waals surface area contributed by atoms with Gasteiger partial charge in [-0.1, -0.05) is 13.8 Å². The molecule has 0 spiro atoms. The number of hydrogen-bond acceptors (Lipinski definition) is 3. The summed E-state index contributed by atoms with van der Waals surface area (Å²) in [7, 11) is 0. The highest BCUT2D eigenvalue weighted by Gasteiger charge is 2.12. The van der Waals surface area contributed by atoms with E-state index in [4.69, 9.17) is 17.3 Å². The second-order valence-corrected chi connectivity index (χ2v) is 4.62. The van der Waals surface area contributed by atoms with E-state index in [1.54, 1.807) is 24.3 Å². The van der Waals surface area contributed by atoms with Gasteiger partial charge in [-0.05, 0) is 36.5 Å². The summed E-state index contributed by atoms with van der Waals surface area (Å²) in [5.41, 5.74) is 1.06. The maximum absolute atomic E-state index is 10.8. The summed E-state index contributed by atoms with van der Waals surface area (Å²) in [4.78, 5) is 10.8. The maximum atomic E-state index is 10.8. The zero-order chi connectivity index (χ0) is 13.3. The fourth-order valence-corrected chi connectivity index (χ4v) is 1.94. The van der Waals surface area contributed by atoms with E-state index in [0.29, 0.717) is 4.77 Å². The number of H-pyrrole nitrogens is 1. The van der Waals surface area contributed by atoms with Crippen molar-refractivity contribution in [2.24, 2.45) is 0 Å². The normalized spacial score (nSPS) is 10.8. The molecule has 6 heteroatoms. The number of benzene rings is 1. The Morgan fingerprint density at radius 3 is 2.50 bits per heavy atom. The lowest BCUT2D eigenvalue weighted by molar-refractivity contribution is 0.0697. The first-order chi connectivity index (χ1) is 8.50. The predicted molar refractivity (Wildman–Crippen MR) is 69.8 cm³/mol. The van der Waals surface area contributed by atoms with Gasteiger partial charge in [-0.15, -0.1) is 0 Å². The SMILES string of the molecule is CC(C)c1n[nH]c(=S)n1-c1ccc(C(=O)O)cc1. The monoisotopic (exact) mass is 263 g/mol. The van der Waals surface area contributed by atoms with E-state index in [-0.39, 0.29) is 11.5 Å². The summed E-state index contributed by atoms with van der Waals surface area (Å²) in [5, 5.41) is 15.8. The fraction of sp³-hybridized carbons (Fsp3) is 0.250. The zero-order valence-electron chi connectivity index (χ0n) is 10.0. The Hall–Kier alpha value is -1.95. The summed E-state index contributed by atoms with van der Waals surface area (Å²) < 4.78 is 2.31. The first-order valence-electron chi connectivity index (χ1n) is 5.51. The molecule has 0 aliphatic carbocycles. The van der Waals surface area contributed by atoms with Crippen LogP contribution in [0.1, 0.15) is 35.9 Å². The van der Waals surface area contributed by atoms with Crippen molar-refractivity contribution >= 4 is 18.2 Å². The van der Waals surface area contributed by atoms with Gasteiger partial charge in [0.25, 0.3) is 0 Å². The van der Waals surface area contributed by atoms with Crippen molar-refractivity contribution in [3.63, 3.8) is 0 Å². The number of hydrogen-bond donors (Lipinski definition) is 2. The van der Waals surface area contributed by atoms with Crippen LogP contribution in [0, 0.1) is 4.77 Å². The molecule has 0 unspecified atom stereocenters. The Balaban J connectivity index is 2.52. The Morgan fingerprint density at radius 2 is 2.00 bits per heavy atom. The van der Waals surface area contributed by atoms with Gasteiger partial charge in [-0.2, -0.15) is 5.10 Å². The summed E-state index contributed by atoms with van der Waals surface area (Å²) in [5.74, 6) is 0.0987. The molecule has 0 radical (unpaired) electrons. The number of aromatic nitrogens is 3. The Bertz CT molecular complexity index is 626. The van der Waals surface area contributed by atoms with Gasteiger partial charge in [0.1, 0.15) is 5.82 Å². The van der Waals surface area contributed by atoms with Gasteiger partial charge in [0.05, 0.1) is 5.56 Å².